The third kappa shape index (κ3) is 2.70. The van der Waals surface area contributed by atoms with Gasteiger partial charge in [-0.2, -0.15) is 5.10 Å². The van der Waals surface area contributed by atoms with Gasteiger partial charge in [-0.25, -0.2) is 4.79 Å². The molecule has 1 fully saturated rings. The Hall–Kier alpha value is -3.00. The van der Waals surface area contributed by atoms with E-state index in [1.165, 1.54) is 18.2 Å². The maximum Gasteiger partial charge on any atom is 0.384 e. The van der Waals surface area contributed by atoms with E-state index in [2.05, 4.69) is 5.10 Å². The molecule has 8 nitrogen and oxygen atoms in total. The molecular formula is C17H15N3O5. The summed E-state index contributed by atoms with van der Waals surface area (Å²) in [6.07, 6.45) is 3.32. The fourth-order valence-corrected chi connectivity index (χ4v) is 2.98. The van der Waals surface area contributed by atoms with E-state index in [4.69, 9.17) is 9.57 Å². The summed E-state index contributed by atoms with van der Waals surface area (Å²) in [5.74, 6) is -2.16. The maximum atomic E-state index is 12.3. The second kappa shape index (κ2) is 6.14. The molecular weight excluding hydrogens is 326 g/mol. The monoisotopic (exact) mass is 341 g/mol. The Morgan fingerprint density at radius 3 is 2.36 bits per heavy atom. The molecule has 8 heteroatoms. The van der Waals surface area contributed by atoms with Gasteiger partial charge in [0.25, 0.3) is 11.8 Å². The Morgan fingerprint density at radius 1 is 1.08 bits per heavy atom. The molecule has 1 saturated heterocycles. The van der Waals surface area contributed by atoms with Gasteiger partial charge in [0.1, 0.15) is 0 Å². The largest absolute Gasteiger partial charge is 0.384 e. The molecule has 0 spiro atoms. The highest BCUT2D eigenvalue weighted by molar-refractivity contribution is 6.21. The molecule has 3 heterocycles. The van der Waals surface area contributed by atoms with Gasteiger partial charge in [0.2, 0.25) is 0 Å². The minimum absolute atomic E-state index is 0.0445. The topological polar surface area (TPSA) is 90.7 Å². The van der Waals surface area contributed by atoms with E-state index in [0.717, 1.165) is 12.8 Å². The van der Waals surface area contributed by atoms with Crippen molar-refractivity contribution >= 4 is 17.8 Å². The first-order valence-corrected chi connectivity index (χ1v) is 7.98. The fraction of sp³-hybridized carbons (Fsp3) is 0.294. The predicted molar refractivity (Wildman–Crippen MR) is 83.7 cm³/mol. The SMILES string of the molecule is O=C(ON1C(=O)c2ccccc2C1=O)c1ccn(C2CCOCC2)n1. The fourth-order valence-electron chi connectivity index (χ4n) is 2.98. The lowest BCUT2D eigenvalue weighted by Gasteiger charge is -2.22. The number of aromatic nitrogens is 2. The highest BCUT2D eigenvalue weighted by Crippen LogP contribution is 2.24. The number of rotatable bonds is 3. The van der Waals surface area contributed by atoms with Crippen molar-refractivity contribution in [3.63, 3.8) is 0 Å². The van der Waals surface area contributed by atoms with Crippen LogP contribution in [0.4, 0.5) is 0 Å². The number of carbonyl (C=O) groups excluding carboxylic acids is 3. The molecule has 2 aliphatic rings. The minimum atomic E-state index is -0.847. The number of amides is 2. The van der Waals surface area contributed by atoms with Gasteiger partial charge in [0.05, 0.1) is 17.2 Å². The summed E-state index contributed by atoms with van der Waals surface area (Å²) in [5.41, 5.74) is 0.476. The molecule has 1 aromatic carbocycles. The van der Waals surface area contributed by atoms with E-state index >= 15 is 0 Å². The van der Waals surface area contributed by atoms with E-state index in [0.29, 0.717) is 18.3 Å². The van der Waals surface area contributed by atoms with Crippen LogP contribution >= 0.6 is 0 Å². The standard InChI is InChI=1S/C17H15N3O5/c21-15-12-3-1-2-4-13(12)16(22)20(15)25-17(23)14-5-8-19(18-14)11-6-9-24-10-7-11/h1-5,8,11H,6-7,9-10H2. The van der Waals surface area contributed by atoms with Crippen molar-refractivity contribution in [2.24, 2.45) is 0 Å². The van der Waals surface area contributed by atoms with Crippen LogP contribution in [0.5, 0.6) is 0 Å². The smallest absolute Gasteiger partial charge is 0.381 e. The molecule has 0 aliphatic carbocycles. The average Bonchev–Trinajstić information content (AvgIpc) is 3.23. The zero-order chi connectivity index (χ0) is 17.4. The van der Waals surface area contributed by atoms with Crippen LogP contribution in [-0.4, -0.2) is 45.8 Å². The van der Waals surface area contributed by atoms with Crippen molar-refractivity contribution in [1.82, 2.24) is 14.8 Å². The third-order valence-corrected chi connectivity index (χ3v) is 4.31. The number of hydroxylamine groups is 2. The van der Waals surface area contributed by atoms with Crippen molar-refractivity contribution < 1.29 is 24.0 Å². The molecule has 2 aromatic rings. The van der Waals surface area contributed by atoms with Crippen molar-refractivity contribution in [2.75, 3.05) is 13.2 Å². The van der Waals surface area contributed by atoms with E-state index in [-0.39, 0.29) is 22.9 Å². The molecule has 0 atom stereocenters. The summed E-state index contributed by atoms with van der Waals surface area (Å²) in [5, 5.41) is 4.70. The van der Waals surface area contributed by atoms with E-state index in [9.17, 15) is 14.4 Å². The summed E-state index contributed by atoms with van der Waals surface area (Å²) < 4.78 is 7.00. The zero-order valence-corrected chi connectivity index (χ0v) is 13.3. The van der Waals surface area contributed by atoms with Crippen LogP contribution in [0.3, 0.4) is 0 Å². The minimum Gasteiger partial charge on any atom is -0.381 e. The van der Waals surface area contributed by atoms with E-state index in [1.54, 1.807) is 23.0 Å². The van der Waals surface area contributed by atoms with Crippen LogP contribution in [-0.2, 0) is 9.57 Å². The number of nitrogens with zero attached hydrogens (tertiary/aromatic N) is 3. The van der Waals surface area contributed by atoms with Gasteiger partial charge in [-0.15, -0.1) is 0 Å². The first-order valence-electron chi connectivity index (χ1n) is 7.98. The summed E-state index contributed by atoms with van der Waals surface area (Å²) in [7, 11) is 0. The second-order valence-corrected chi connectivity index (χ2v) is 5.85. The summed E-state index contributed by atoms with van der Waals surface area (Å²) in [4.78, 5) is 41.7. The predicted octanol–water partition coefficient (Wildman–Crippen LogP) is 1.60. The Balaban J connectivity index is 1.49. The van der Waals surface area contributed by atoms with Gasteiger partial charge in [-0.3, -0.25) is 14.3 Å². The Labute approximate surface area is 142 Å². The van der Waals surface area contributed by atoms with E-state index < -0.39 is 17.8 Å². The van der Waals surface area contributed by atoms with Gasteiger partial charge in [0, 0.05) is 19.4 Å². The number of benzene rings is 1. The molecule has 4 rings (SSSR count). The number of ether oxygens (including phenoxy) is 1. The van der Waals surface area contributed by atoms with Crippen LogP contribution in [0, 0.1) is 0 Å². The molecule has 0 radical (unpaired) electrons. The van der Waals surface area contributed by atoms with Crippen LogP contribution < -0.4 is 0 Å². The quantitative estimate of drug-likeness (QED) is 0.788. The molecule has 128 valence electrons. The molecule has 2 amide bonds. The van der Waals surface area contributed by atoms with Crippen LogP contribution in [0.15, 0.2) is 36.5 Å². The normalized spacial score (nSPS) is 17.7. The van der Waals surface area contributed by atoms with Crippen molar-refractivity contribution in [2.45, 2.75) is 18.9 Å². The van der Waals surface area contributed by atoms with Gasteiger partial charge in [0.15, 0.2) is 5.69 Å². The van der Waals surface area contributed by atoms with E-state index in [1.807, 2.05) is 0 Å². The lowest BCUT2D eigenvalue weighted by atomic mass is 10.1. The first-order chi connectivity index (χ1) is 12.1. The number of carbonyl (C=O) groups is 3. The average molecular weight is 341 g/mol. The van der Waals surface area contributed by atoms with Crippen LogP contribution in [0.1, 0.15) is 50.1 Å². The third-order valence-electron chi connectivity index (χ3n) is 4.31. The van der Waals surface area contributed by atoms with Gasteiger partial charge in [-0.05, 0) is 31.0 Å². The van der Waals surface area contributed by atoms with Gasteiger partial charge >= 0.3 is 5.97 Å². The Bertz CT molecular complexity index is 818. The lowest BCUT2D eigenvalue weighted by Crippen LogP contribution is -2.33. The highest BCUT2D eigenvalue weighted by atomic mass is 16.7. The van der Waals surface area contributed by atoms with Crippen molar-refractivity contribution in [1.29, 1.82) is 0 Å². The number of hydrogen-bond acceptors (Lipinski definition) is 6. The summed E-state index contributed by atoms with van der Waals surface area (Å²) in [6, 6.07) is 7.99. The molecule has 0 saturated carbocycles. The lowest BCUT2D eigenvalue weighted by molar-refractivity contribution is -0.0589. The van der Waals surface area contributed by atoms with Gasteiger partial charge in [-0.1, -0.05) is 17.2 Å². The second-order valence-electron chi connectivity index (χ2n) is 5.85. The molecule has 0 N–H and O–H groups in total. The number of fused-ring (bicyclic) bond motifs is 1. The molecule has 1 aromatic heterocycles. The first kappa shape index (κ1) is 15.5. The maximum absolute atomic E-state index is 12.3. The van der Waals surface area contributed by atoms with Gasteiger partial charge < -0.3 is 9.57 Å². The van der Waals surface area contributed by atoms with Crippen LogP contribution in [0.25, 0.3) is 0 Å². The van der Waals surface area contributed by atoms with Crippen molar-refractivity contribution in [3.05, 3.63) is 53.3 Å². The summed E-state index contributed by atoms with van der Waals surface area (Å²) in [6.45, 7) is 1.30. The van der Waals surface area contributed by atoms with Crippen LogP contribution in [0.2, 0.25) is 0 Å². The number of hydrogen-bond donors (Lipinski definition) is 0. The zero-order valence-electron chi connectivity index (χ0n) is 13.3. The van der Waals surface area contributed by atoms with Crippen molar-refractivity contribution in [3.8, 4) is 0 Å². The molecule has 0 unspecified atom stereocenters. The summed E-state index contributed by atoms with van der Waals surface area (Å²) >= 11 is 0. The highest BCUT2D eigenvalue weighted by Gasteiger charge is 2.39. The molecule has 25 heavy (non-hydrogen) atoms. The Kier molecular flexibility index (Phi) is 3.81. The molecule has 2 aliphatic heterocycles. The molecule has 0 bridgehead atoms. The number of imide groups is 1. The Morgan fingerprint density at radius 2 is 1.72 bits per heavy atom.